The number of nitrogens with one attached hydrogen (secondary N) is 2. The van der Waals surface area contributed by atoms with Crippen molar-refractivity contribution in [3.8, 4) is 0 Å². The van der Waals surface area contributed by atoms with Crippen LogP contribution < -0.4 is 10.6 Å². The Labute approximate surface area is 132 Å². The van der Waals surface area contributed by atoms with Crippen molar-refractivity contribution in [2.45, 2.75) is 19.4 Å². The average molecular weight is 377 g/mol. The molecule has 1 rings (SSSR count). The zero-order valence-corrected chi connectivity index (χ0v) is 14.1. The second-order valence-electron chi connectivity index (χ2n) is 4.67. The highest BCUT2D eigenvalue weighted by molar-refractivity contribution is 9.10. The summed E-state index contributed by atoms with van der Waals surface area (Å²) in [5.41, 5.74) is 0.568. The van der Waals surface area contributed by atoms with Crippen molar-refractivity contribution in [3.63, 3.8) is 0 Å². The molecule has 0 aliphatic carbocycles. The van der Waals surface area contributed by atoms with Gasteiger partial charge in [-0.05, 0) is 30.7 Å². The number of hydrogen-bond acceptors (Lipinski definition) is 4. The molecule has 0 bridgehead atoms. The van der Waals surface area contributed by atoms with Gasteiger partial charge in [-0.3, -0.25) is 9.59 Å². The lowest BCUT2D eigenvalue weighted by molar-refractivity contribution is -0.125. The van der Waals surface area contributed by atoms with Crippen LogP contribution in [0.25, 0.3) is 0 Å². The van der Waals surface area contributed by atoms with E-state index in [0.717, 1.165) is 10.7 Å². The van der Waals surface area contributed by atoms with E-state index in [1.54, 1.807) is 24.3 Å². The van der Waals surface area contributed by atoms with E-state index in [9.17, 15) is 18.0 Å². The molecular weight excluding hydrogens is 360 g/mol. The highest BCUT2D eigenvalue weighted by Crippen LogP contribution is 2.14. The van der Waals surface area contributed by atoms with E-state index in [4.69, 9.17) is 0 Å². The molecule has 0 saturated carbocycles. The summed E-state index contributed by atoms with van der Waals surface area (Å²) in [6.07, 6.45) is 1.12. The van der Waals surface area contributed by atoms with Gasteiger partial charge >= 0.3 is 0 Å². The maximum Gasteiger partial charge on any atom is 0.246 e. The molecule has 0 fully saturated rings. The number of anilines is 1. The fraction of sp³-hybridized carbons (Fsp3) is 0.385. The Kier molecular flexibility index (Phi) is 6.35. The molecule has 0 heterocycles. The Hall–Kier alpha value is -1.41. The van der Waals surface area contributed by atoms with E-state index in [2.05, 4.69) is 26.6 Å². The normalized spacial score (nSPS) is 12.5. The molecule has 1 unspecified atom stereocenters. The summed E-state index contributed by atoms with van der Waals surface area (Å²) in [5, 5.41) is 5.10. The zero-order chi connectivity index (χ0) is 16.0. The van der Waals surface area contributed by atoms with Gasteiger partial charge in [0.15, 0.2) is 0 Å². The quantitative estimate of drug-likeness (QED) is 0.782. The number of benzene rings is 1. The van der Waals surface area contributed by atoms with E-state index in [1.165, 1.54) is 6.92 Å². The number of rotatable bonds is 6. The first-order chi connectivity index (χ1) is 9.67. The topological polar surface area (TPSA) is 92.3 Å². The van der Waals surface area contributed by atoms with Crippen LogP contribution in [-0.4, -0.2) is 38.3 Å². The predicted molar refractivity (Wildman–Crippen MR) is 84.7 cm³/mol. The number of hydrogen-bond donors (Lipinski definition) is 2. The second-order valence-corrected chi connectivity index (χ2v) is 7.84. The van der Waals surface area contributed by atoms with E-state index < -0.39 is 21.8 Å². The minimum Gasteiger partial charge on any atom is -0.345 e. The van der Waals surface area contributed by atoms with E-state index in [0.29, 0.717) is 5.69 Å². The van der Waals surface area contributed by atoms with Crippen LogP contribution in [0.4, 0.5) is 5.69 Å². The van der Waals surface area contributed by atoms with E-state index in [-0.39, 0.29) is 18.1 Å². The molecule has 0 spiro atoms. The standard InChI is InChI=1S/C13H17BrN2O4S/c1-9(17)15-12(7-8-21(2,19)20)13(18)16-11-5-3-10(14)4-6-11/h3-6,12H,7-8H2,1-2H3,(H,15,17)(H,16,18). The summed E-state index contributed by atoms with van der Waals surface area (Å²) in [6, 6.07) is 6.03. The molecule has 0 aliphatic rings. The number of sulfone groups is 1. The van der Waals surface area contributed by atoms with Crippen LogP contribution in [0.2, 0.25) is 0 Å². The van der Waals surface area contributed by atoms with Gasteiger partial charge < -0.3 is 10.6 Å². The Morgan fingerprint density at radius 2 is 1.81 bits per heavy atom. The van der Waals surface area contributed by atoms with Gasteiger partial charge in [0.05, 0.1) is 5.75 Å². The molecule has 0 saturated heterocycles. The van der Waals surface area contributed by atoms with Gasteiger partial charge in [-0.2, -0.15) is 0 Å². The van der Waals surface area contributed by atoms with Crippen LogP contribution >= 0.6 is 15.9 Å². The summed E-state index contributed by atoms with van der Waals surface area (Å²) in [6.45, 7) is 1.28. The fourth-order valence-electron chi connectivity index (χ4n) is 1.61. The van der Waals surface area contributed by atoms with Crippen molar-refractivity contribution in [2.75, 3.05) is 17.3 Å². The molecule has 0 aliphatic heterocycles. The van der Waals surface area contributed by atoms with Gasteiger partial charge in [0.1, 0.15) is 15.9 Å². The van der Waals surface area contributed by atoms with Gasteiger partial charge in [-0.1, -0.05) is 15.9 Å². The molecule has 21 heavy (non-hydrogen) atoms. The summed E-state index contributed by atoms with van der Waals surface area (Å²) in [7, 11) is -3.20. The first kappa shape index (κ1) is 17.6. The third-order valence-corrected chi connectivity index (χ3v) is 4.09. The van der Waals surface area contributed by atoms with Crippen LogP contribution in [0.3, 0.4) is 0 Å². The maximum atomic E-state index is 12.1. The second kappa shape index (κ2) is 7.56. The zero-order valence-electron chi connectivity index (χ0n) is 11.7. The van der Waals surface area contributed by atoms with Crippen molar-refractivity contribution in [1.82, 2.24) is 5.32 Å². The number of halogens is 1. The number of amides is 2. The summed E-state index contributed by atoms with van der Waals surface area (Å²) >= 11 is 3.28. The van der Waals surface area contributed by atoms with Crippen molar-refractivity contribution in [3.05, 3.63) is 28.7 Å². The third kappa shape index (κ3) is 7.24. The van der Waals surface area contributed by atoms with Crippen LogP contribution in [0, 0.1) is 0 Å². The molecule has 1 atom stereocenters. The minimum absolute atomic E-state index is 0.0285. The van der Waals surface area contributed by atoms with Crippen molar-refractivity contribution in [1.29, 1.82) is 0 Å². The molecule has 2 N–H and O–H groups in total. The lowest BCUT2D eigenvalue weighted by Gasteiger charge is -2.17. The van der Waals surface area contributed by atoms with Gasteiger partial charge in [-0.25, -0.2) is 8.42 Å². The molecule has 116 valence electrons. The van der Waals surface area contributed by atoms with Crippen LogP contribution in [0.1, 0.15) is 13.3 Å². The Morgan fingerprint density at radius 1 is 1.24 bits per heavy atom. The van der Waals surface area contributed by atoms with Gasteiger partial charge in [0, 0.05) is 23.3 Å². The summed E-state index contributed by atoms with van der Waals surface area (Å²) in [5.74, 6) is -1.01. The fourth-order valence-corrected chi connectivity index (χ4v) is 2.54. The van der Waals surface area contributed by atoms with Crippen LogP contribution in [-0.2, 0) is 19.4 Å². The van der Waals surface area contributed by atoms with Gasteiger partial charge in [0.2, 0.25) is 11.8 Å². The first-order valence-corrected chi connectivity index (χ1v) is 9.04. The third-order valence-electron chi connectivity index (χ3n) is 2.58. The van der Waals surface area contributed by atoms with Crippen molar-refractivity contribution < 1.29 is 18.0 Å². The Bertz CT molecular complexity index is 614. The highest BCUT2D eigenvalue weighted by atomic mass is 79.9. The van der Waals surface area contributed by atoms with Crippen molar-refractivity contribution >= 4 is 43.3 Å². The van der Waals surface area contributed by atoms with Gasteiger partial charge in [-0.15, -0.1) is 0 Å². The summed E-state index contributed by atoms with van der Waals surface area (Å²) < 4.78 is 23.3. The molecule has 6 nitrogen and oxygen atoms in total. The van der Waals surface area contributed by atoms with Crippen LogP contribution in [0.5, 0.6) is 0 Å². The molecule has 0 aromatic heterocycles. The monoisotopic (exact) mass is 376 g/mol. The van der Waals surface area contributed by atoms with Gasteiger partial charge in [0.25, 0.3) is 0 Å². The Morgan fingerprint density at radius 3 is 2.29 bits per heavy atom. The smallest absolute Gasteiger partial charge is 0.246 e. The Balaban J connectivity index is 2.74. The van der Waals surface area contributed by atoms with E-state index in [1.807, 2.05) is 0 Å². The molecule has 2 amide bonds. The molecule has 8 heteroatoms. The average Bonchev–Trinajstić information content (AvgIpc) is 2.35. The summed E-state index contributed by atoms with van der Waals surface area (Å²) in [4.78, 5) is 23.3. The number of carbonyl (C=O) groups excluding carboxylic acids is 2. The molecule has 1 aromatic carbocycles. The van der Waals surface area contributed by atoms with Crippen LogP contribution in [0.15, 0.2) is 28.7 Å². The van der Waals surface area contributed by atoms with E-state index >= 15 is 0 Å². The molecular formula is C13H17BrN2O4S. The first-order valence-electron chi connectivity index (χ1n) is 6.18. The lowest BCUT2D eigenvalue weighted by Crippen LogP contribution is -2.43. The maximum absolute atomic E-state index is 12.1. The predicted octanol–water partition coefficient (Wildman–Crippen LogP) is 1.33. The molecule has 0 radical (unpaired) electrons. The minimum atomic E-state index is -3.20. The SMILES string of the molecule is CC(=O)NC(CCS(C)(=O)=O)C(=O)Nc1ccc(Br)cc1. The molecule has 1 aromatic rings. The lowest BCUT2D eigenvalue weighted by atomic mass is 10.2. The van der Waals surface area contributed by atoms with Crippen molar-refractivity contribution in [2.24, 2.45) is 0 Å². The number of carbonyl (C=O) groups is 2. The largest absolute Gasteiger partial charge is 0.345 e. The highest BCUT2D eigenvalue weighted by Gasteiger charge is 2.21.